The normalized spacial score (nSPS) is 19.8. The molecule has 236 valence electrons. The van der Waals surface area contributed by atoms with Gasteiger partial charge in [-0.05, 0) is 77.4 Å². The molecule has 2 heterocycles. The molecule has 5 nitrogen and oxygen atoms in total. The fraction of sp³-hybridized carbons (Fsp3) is 0.190. The molecule has 3 unspecified atom stereocenters. The van der Waals surface area contributed by atoms with E-state index in [9.17, 15) is 5.26 Å². The Morgan fingerprint density at radius 1 is 0.812 bits per heavy atom. The summed E-state index contributed by atoms with van der Waals surface area (Å²) in [7, 11) is 2.09. The topological polar surface area (TPSA) is 47.6 Å². The molecule has 6 aromatic rings. The molecule has 0 saturated heterocycles. The molecule has 6 heteroatoms. The largest absolute Gasteiger partial charge is 0.309 e. The van der Waals surface area contributed by atoms with Gasteiger partial charge >= 0.3 is 0 Å². The van der Waals surface area contributed by atoms with Crippen LogP contribution in [0.15, 0.2) is 132 Å². The van der Waals surface area contributed by atoms with E-state index < -0.39 is 0 Å². The first-order valence-electron chi connectivity index (χ1n) is 16.6. The van der Waals surface area contributed by atoms with Crippen LogP contribution in [0.4, 0.5) is 0 Å². The average molecular weight is 644 g/mol. The summed E-state index contributed by atoms with van der Waals surface area (Å²) in [6, 6.07) is 44.9. The van der Waals surface area contributed by atoms with E-state index in [0.717, 1.165) is 29.1 Å². The van der Waals surface area contributed by atoms with Crippen LogP contribution in [0.2, 0.25) is 0 Å². The van der Waals surface area contributed by atoms with E-state index in [4.69, 9.17) is 17.6 Å². The number of benzene rings is 5. The van der Waals surface area contributed by atoms with Gasteiger partial charge in [-0.25, -0.2) is 4.99 Å². The zero-order chi connectivity index (χ0) is 32.8. The maximum absolute atomic E-state index is 9.61. The summed E-state index contributed by atoms with van der Waals surface area (Å²) in [5.41, 5.74) is 9.98. The Balaban J connectivity index is 1.16. The van der Waals surface area contributed by atoms with E-state index in [1.807, 2.05) is 30.3 Å². The van der Waals surface area contributed by atoms with Crippen molar-refractivity contribution in [2.75, 3.05) is 7.05 Å². The van der Waals surface area contributed by atoms with Gasteiger partial charge in [0.15, 0.2) is 0 Å². The van der Waals surface area contributed by atoms with Gasteiger partial charge in [0.2, 0.25) is 0 Å². The average Bonchev–Trinajstić information content (AvgIpc) is 3.64. The molecule has 0 saturated carbocycles. The van der Waals surface area contributed by atoms with Crippen LogP contribution in [-0.2, 0) is 6.54 Å². The van der Waals surface area contributed by atoms with Crippen LogP contribution in [0.1, 0.15) is 53.7 Å². The van der Waals surface area contributed by atoms with Gasteiger partial charge in [-0.1, -0.05) is 97.9 Å². The van der Waals surface area contributed by atoms with Crippen molar-refractivity contribution >= 4 is 45.8 Å². The van der Waals surface area contributed by atoms with Crippen molar-refractivity contribution in [3.63, 3.8) is 0 Å². The lowest BCUT2D eigenvalue weighted by molar-refractivity contribution is 0.0506. The molecule has 0 bridgehead atoms. The summed E-state index contributed by atoms with van der Waals surface area (Å²) < 4.78 is 2.39. The second kappa shape index (κ2) is 12.5. The number of hydrogen-bond donors (Lipinski definition) is 1. The van der Waals surface area contributed by atoms with Gasteiger partial charge < -0.3 is 4.57 Å². The van der Waals surface area contributed by atoms with Crippen molar-refractivity contribution < 1.29 is 0 Å². The number of aliphatic imine (C=N–C) groups is 1. The summed E-state index contributed by atoms with van der Waals surface area (Å²) in [4.78, 5) is 5.19. The number of para-hydroxylation sites is 1. The molecule has 0 N–H and O–H groups in total. The summed E-state index contributed by atoms with van der Waals surface area (Å²) in [6.07, 6.45) is 4.51. The summed E-state index contributed by atoms with van der Waals surface area (Å²) in [5, 5.41) is 16.8. The van der Waals surface area contributed by atoms with Crippen LogP contribution in [0.5, 0.6) is 0 Å². The first-order valence-corrected chi connectivity index (χ1v) is 17.2. The van der Waals surface area contributed by atoms with Crippen LogP contribution >= 0.6 is 12.6 Å². The number of rotatable bonds is 6. The zero-order valence-corrected chi connectivity index (χ0v) is 28.1. The minimum absolute atomic E-state index is 0.155. The van der Waals surface area contributed by atoms with Crippen molar-refractivity contribution in [3.05, 3.63) is 155 Å². The van der Waals surface area contributed by atoms with Gasteiger partial charge in [0.05, 0.1) is 29.2 Å². The van der Waals surface area contributed by atoms with E-state index >= 15 is 0 Å². The first kappa shape index (κ1) is 30.3. The van der Waals surface area contributed by atoms with E-state index in [-0.39, 0.29) is 11.4 Å². The Morgan fingerprint density at radius 2 is 1.58 bits per heavy atom. The monoisotopic (exact) mass is 643 g/mol. The molecule has 1 aliphatic carbocycles. The quantitative estimate of drug-likeness (QED) is 0.184. The van der Waals surface area contributed by atoms with Gasteiger partial charge in [0, 0.05) is 34.3 Å². The standard InChI is InChI=1S/C42H37N5S/c1-28-10-8-16-35(40(28)48)32-20-23-37-36-15-6-7-17-38(36)47(39(37)25-32)34-21-18-29(19-22-34)27-46-42(33-14-9-11-30(24-33)26-43)44-41(45(46)2)31-12-4-3-5-13-31/h3-7,9,11-25,28,40-41,48H,8,10,27H2,1-2H3. The van der Waals surface area contributed by atoms with Crippen LogP contribution in [-0.4, -0.2) is 32.7 Å². The summed E-state index contributed by atoms with van der Waals surface area (Å²) in [6.45, 7) is 2.95. The molecule has 48 heavy (non-hydrogen) atoms. The molecule has 5 aromatic carbocycles. The van der Waals surface area contributed by atoms with E-state index in [1.165, 1.54) is 44.9 Å². The number of thiol groups is 1. The number of hydrazine groups is 1. The van der Waals surface area contributed by atoms with E-state index in [1.54, 1.807) is 0 Å². The highest BCUT2D eigenvalue weighted by atomic mass is 32.1. The lowest BCUT2D eigenvalue weighted by Crippen LogP contribution is -2.39. The predicted molar refractivity (Wildman–Crippen MR) is 200 cm³/mol. The molecule has 0 spiro atoms. The molecule has 8 rings (SSSR count). The second-order valence-electron chi connectivity index (χ2n) is 13.0. The smallest absolute Gasteiger partial charge is 0.148 e. The van der Waals surface area contributed by atoms with Crippen molar-refractivity contribution in [1.82, 2.24) is 14.6 Å². The van der Waals surface area contributed by atoms with Crippen molar-refractivity contribution in [2.24, 2.45) is 10.9 Å². The van der Waals surface area contributed by atoms with E-state index in [2.05, 4.69) is 132 Å². The molecule has 0 amide bonds. The Bertz CT molecular complexity index is 2240. The molecular formula is C42H37N5S. The van der Waals surface area contributed by atoms with Gasteiger partial charge in [-0.3, -0.25) is 5.01 Å². The Kier molecular flexibility index (Phi) is 7.88. The SMILES string of the molecule is CC1CCC=C(c2ccc3c4ccccc4n(-c4ccc(CN5C(c6cccc(C#N)c6)=NC(c6ccccc6)N5C)cc4)c3c2)C1S. The third-order valence-electron chi connectivity index (χ3n) is 9.95. The summed E-state index contributed by atoms with van der Waals surface area (Å²) in [5.74, 6) is 1.41. The Hall–Kier alpha value is -5.09. The Morgan fingerprint density at radius 3 is 2.40 bits per heavy atom. The molecule has 1 aromatic heterocycles. The fourth-order valence-electron chi connectivity index (χ4n) is 7.33. The van der Waals surface area contributed by atoms with Crippen molar-refractivity contribution in [3.8, 4) is 11.8 Å². The number of allylic oxidation sites excluding steroid dienone is 1. The molecular weight excluding hydrogens is 607 g/mol. The lowest BCUT2D eigenvalue weighted by atomic mass is 9.86. The minimum atomic E-state index is -0.155. The van der Waals surface area contributed by atoms with Crippen LogP contribution in [0.3, 0.4) is 0 Å². The highest BCUT2D eigenvalue weighted by Crippen LogP contribution is 2.39. The first-order chi connectivity index (χ1) is 23.5. The third-order valence-corrected chi connectivity index (χ3v) is 10.7. The van der Waals surface area contributed by atoms with Crippen LogP contribution < -0.4 is 0 Å². The maximum Gasteiger partial charge on any atom is 0.148 e. The van der Waals surface area contributed by atoms with Gasteiger partial charge in [0.1, 0.15) is 12.0 Å². The highest BCUT2D eigenvalue weighted by Gasteiger charge is 2.33. The van der Waals surface area contributed by atoms with E-state index in [0.29, 0.717) is 18.0 Å². The van der Waals surface area contributed by atoms with Crippen LogP contribution in [0.25, 0.3) is 33.1 Å². The molecule has 3 atom stereocenters. The Labute approximate surface area is 287 Å². The van der Waals surface area contributed by atoms with Gasteiger partial charge in [0.25, 0.3) is 0 Å². The molecule has 2 aliphatic rings. The number of aromatic nitrogens is 1. The van der Waals surface area contributed by atoms with Gasteiger partial charge in [-0.2, -0.15) is 22.9 Å². The predicted octanol–water partition coefficient (Wildman–Crippen LogP) is 9.58. The third kappa shape index (κ3) is 5.30. The highest BCUT2D eigenvalue weighted by molar-refractivity contribution is 7.81. The number of nitrogens with zero attached hydrogens (tertiary/aromatic N) is 5. The summed E-state index contributed by atoms with van der Waals surface area (Å²) >= 11 is 5.03. The number of fused-ring (bicyclic) bond motifs is 3. The molecule has 1 aliphatic heterocycles. The lowest BCUT2D eigenvalue weighted by Gasteiger charge is -2.31. The second-order valence-corrected chi connectivity index (χ2v) is 13.5. The maximum atomic E-state index is 9.61. The van der Waals surface area contributed by atoms with Crippen molar-refractivity contribution in [1.29, 1.82) is 5.26 Å². The number of hydrogen-bond acceptors (Lipinski definition) is 5. The number of amidine groups is 1. The van der Waals surface area contributed by atoms with Gasteiger partial charge in [-0.15, -0.1) is 0 Å². The molecule has 0 radical (unpaired) electrons. The number of nitriles is 1. The minimum Gasteiger partial charge on any atom is -0.309 e. The zero-order valence-electron chi connectivity index (χ0n) is 27.2. The molecule has 0 fully saturated rings. The fourth-order valence-corrected chi connectivity index (χ4v) is 7.73. The van der Waals surface area contributed by atoms with Crippen LogP contribution in [0, 0.1) is 17.2 Å². The van der Waals surface area contributed by atoms with Crippen molar-refractivity contribution in [2.45, 2.75) is 37.7 Å².